The van der Waals surface area contributed by atoms with Crippen LogP contribution in [-0.2, 0) is 11.3 Å². The molecule has 4 nitrogen and oxygen atoms in total. The molecule has 2 heterocycles. The van der Waals surface area contributed by atoms with Gasteiger partial charge in [0, 0.05) is 5.10 Å². The highest BCUT2D eigenvalue weighted by Gasteiger charge is 2.34. The first-order valence-corrected chi connectivity index (χ1v) is 6.01. The predicted molar refractivity (Wildman–Crippen MR) is 57.9 cm³/mol. The van der Waals surface area contributed by atoms with Gasteiger partial charge in [0.1, 0.15) is 12.6 Å². The molecule has 0 radical (unpaired) electrons. The van der Waals surface area contributed by atoms with Crippen molar-refractivity contribution in [1.82, 2.24) is 9.78 Å². The topological polar surface area (TPSA) is 30.9 Å². The molecule has 1 aliphatic heterocycles. The largest absolute Gasteiger partial charge is 0.367 e. The maximum absolute atomic E-state index is 13.7. The number of ether oxygens (including phenoxy) is 1. The van der Waals surface area contributed by atoms with E-state index in [1.54, 1.807) is 11.5 Å². The minimum atomic E-state index is -2.20. The molecule has 3 rings (SSSR count). The Bertz CT molecular complexity index is 701. The van der Waals surface area contributed by atoms with Gasteiger partial charge in [0.2, 0.25) is 41.1 Å². The van der Waals surface area contributed by atoms with E-state index in [1.807, 2.05) is 0 Å². The van der Waals surface area contributed by atoms with Crippen molar-refractivity contribution in [2.45, 2.75) is 19.6 Å². The average Bonchev–Trinajstić information content (AvgIpc) is 2.88. The van der Waals surface area contributed by atoms with Crippen molar-refractivity contribution >= 4 is 0 Å². The second kappa shape index (κ2) is 4.76. The lowest BCUT2D eigenvalue weighted by Gasteiger charge is -2.14. The van der Waals surface area contributed by atoms with Crippen LogP contribution in [0.25, 0.3) is 5.69 Å². The lowest BCUT2D eigenvalue weighted by Crippen LogP contribution is -2.46. The molecule has 1 aromatic heterocycles. The van der Waals surface area contributed by atoms with Crippen LogP contribution in [0.15, 0.2) is 6.33 Å². The smallest absolute Gasteiger partial charge is 0.304 e. The molecule has 112 valence electrons. The van der Waals surface area contributed by atoms with Crippen LogP contribution in [0.2, 0.25) is 0 Å². The third-order valence-electron chi connectivity index (χ3n) is 3.24. The Morgan fingerprint density at radius 3 is 2.24 bits per heavy atom. The van der Waals surface area contributed by atoms with Gasteiger partial charge in [0.25, 0.3) is 0 Å². The molecule has 2 aromatic rings. The molecule has 0 saturated heterocycles. The second-order valence-corrected chi connectivity index (χ2v) is 4.67. The summed E-state index contributed by atoms with van der Waals surface area (Å²) in [7, 11) is 0. The van der Waals surface area contributed by atoms with Crippen molar-refractivity contribution < 1.29 is 31.3 Å². The minimum absolute atomic E-state index is 0.0900. The van der Waals surface area contributed by atoms with Crippen LogP contribution < -0.4 is 4.57 Å². The highest BCUT2D eigenvalue weighted by molar-refractivity contribution is 5.36. The van der Waals surface area contributed by atoms with Gasteiger partial charge in [0.05, 0.1) is 6.61 Å². The number of hydrogen-bond donors (Lipinski definition) is 0. The first kappa shape index (κ1) is 13.9. The summed E-state index contributed by atoms with van der Waals surface area (Å²) in [6.45, 7) is 2.22. The third-order valence-corrected chi connectivity index (χ3v) is 3.24. The molecular formula is C12H9F5N3O+. The molecule has 0 spiro atoms. The maximum Gasteiger partial charge on any atom is 0.304 e. The van der Waals surface area contributed by atoms with Crippen molar-refractivity contribution in [2.24, 2.45) is 0 Å². The zero-order valence-electron chi connectivity index (χ0n) is 10.7. The van der Waals surface area contributed by atoms with Crippen LogP contribution in [0.1, 0.15) is 18.8 Å². The van der Waals surface area contributed by atoms with E-state index >= 15 is 0 Å². The Balaban J connectivity index is 2.22. The maximum atomic E-state index is 13.7. The van der Waals surface area contributed by atoms with Gasteiger partial charge in [-0.3, -0.25) is 0 Å². The highest BCUT2D eigenvalue weighted by atomic mass is 19.2. The first-order chi connectivity index (χ1) is 9.91. The van der Waals surface area contributed by atoms with Crippen LogP contribution in [-0.4, -0.2) is 16.4 Å². The summed E-state index contributed by atoms with van der Waals surface area (Å²) in [6.07, 6.45) is 1.18. The molecule has 0 N–H and O–H groups in total. The molecule has 0 amide bonds. The molecule has 0 fully saturated rings. The van der Waals surface area contributed by atoms with Crippen molar-refractivity contribution in [3.63, 3.8) is 0 Å². The van der Waals surface area contributed by atoms with Gasteiger partial charge in [0.15, 0.2) is 0 Å². The van der Waals surface area contributed by atoms with E-state index in [0.29, 0.717) is 17.1 Å². The number of benzene rings is 1. The van der Waals surface area contributed by atoms with E-state index in [4.69, 9.17) is 4.74 Å². The Morgan fingerprint density at radius 2 is 1.67 bits per heavy atom. The van der Waals surface area contributed by atoms with E-state index < -0.39 is 34.8 Å². The number of fused-ring (bicyclic) bond motifs is 1. The Labute approximate surface area is 115 Å². The summed E-state index contributed by atoms with van der Waals surface area (Å²) in [5.74, 6) is -9.74. The molecule has 0 aliphatic carbocycles. The Morgan fingerprint density at radius 1 is 1.10 bits per heavy atom. The molecule has 0 unspecified atom stereocenters. The van der Waals surface area contributed by atoms with Crippen molar-refractivity contribution in [3.05, 3.63) is 41.2 Å². The molecule has 9 heteroatoms. The Hall–Kier alpha value is -2.03. The minimum Gasteiger partial charge on any atom is -0.367 e. The molecular weight excluding hydrogens is 297 g/mol. The van der Waals surface area contributed by atoms with E-state index in [2.05, 4.69) is 5.10 Å². The van der Waals surface area contributed by atoms with Gasteiger partial charge < -0.3 is 4.74 Å². The fourth-order valence-electron chi connectivity index (χ4n) is 2.16. The quantitative estimate of drug-likeness (QED) is 0.349. The summed E-state index contributed by atoms with van der Waals surface area (Å²) < 4.78 is 74.3. The number of halogens is 5. The van der Waals surface area contributed by atoms with Crippen LogP contribution in [0, 0.1) is 29.1 Å². The van der Waals surface area contributed by atoms with Crippen molar-refractivity contribution in [2.75, 3.05) is 6.61 Å². The average molecular weight is 306 g/mol. The molecule has 1 aliphatic rings. The molecule has 0 saturated carbocycles. The van der Waals surface area contributed by atoms with Crippen molar-refractivity contribution in [3.8, 4) is 5.69 Å². The van der Waals surface area contributed by atoms with Crippen LogP contribution in [0.5, 0.6) is 0 Å². The summed E-state index contributed by atoms with van der Waals surface area (Å²) in [4.78, 5) is 0. The van der Waals surface area contributed by atoms with Gasteiger partial charge in [-0.05, 0) is 6.92 Å². The standard InChI is InChI=1S/C12H9F5N3O/c1-5-2-21-3-6-18-20(4-19(5)6)12-10(16)8(14)7(13)9(15)11(12)17/h4-5H,2-3H2,1H3/q+1/t5-/m0/s1. The van der Waals surface area contributed by atoms with Crippen LogP contribution in [0.3, 0.4) is 0 Å². The SMILES string of the molecule is C[C@H]1COCc2nn(-c3c(F)c(F)c(F)c(F)c3F)c[n+]21. The fraction of sp³-hybridized carbons (Fsp3) is 0.333. The molecule has 0 bridgehead atoms. The molecule has 1 aromatic carbocycles. The molecule has 1 atom stereocenters. The van der Waals surface area contributed by atoms with Crippen LogP contribution in [0.4, 0.5) is 22.0 Å². The lowest BCUT2D eigenvalue weighted by molar-refractivity contribution is -0.739. The summed E-state index contributed by atoms with van der Waals surface area (Å²) in [6, 6.07) is -0.163. The summed E-state index contributed by atoms with van der Waals surface area (Å²) in [5, 5.41) is 3.82. The molecule has 21 heavy (non-hydrogen) atoms. The zero-order chi connectivity index (χ0) is 15.3. The Kier molecular flexibility index (Phi) is 3.16. The van der Waals surface area contributed by atoms with E-state index in [-0.39, 0.29) is 12.6 Å². The van der Waals surface area contributed by atoms with Gasteiger partial charge in [-0.15, -0.1) is 0 Å². The summed E-state index contributed by atoms with van der Waals surface area (Å²) in [5.41, 5.74) is -1.11. The van der Waals surface area contributed by atoms with Gasteiger partial charge in [-0.25, -0.2) is 17.7 Å². The van der Waals surface area contributed by atoms with Crippen LogP contribution >= 0.6 is 0 Å². The van der Waals surface area contributed by atoms with Gasteiger partial charge >= 0.3 is 5.82 Å². The van der Waals surface area contributed by atoms with E-state index in [1.165, 1.54) is 6.33 Å². The zero-order valence-corrected chi connectivity index (χ0v) is 10.7. The normalized spacial score (nSPS) is 17.9. The number of nitrogens with zero attached hydrogens (tertiary/aromatic N) is 3. The monoisotopic (exact) mass is 306 g/mol. The third kappa shape index (κ3) is 1.99. The summed E-state index contributed by atoms with van der Waals surface area (Å²) >= 11 is 0. The first-order valence-electron chi connectivity index (χ1n) is 6.01. The van der Waals surface area contributed by atoms with Gasteiger partial charge in [-0.1, -0.05) is 4.68 Å². The van der Waals surface area contributed by atoms with E-state index in [9.17, 15) is 22.0 Å². The van der Waals surface area contributed by atoms with Crippen molar-refractivity contribution in [1.29, 1.82) is 0 Å². The second-order valence-electron chi connectivity index (χ2n) is 4.67. The number of hydrogen-bond acceptors (Lipinski definition) is 2. The van der Waals surface area contributed by atoms with Gasteiger partial charge in [-0.2, -0.15) is 8.78 Å². The van der Waals surface area contributed by atoms with E-state index in [0.717, 1.165) is 0 Å². The highest BCUT2D eigenvalue weighted by Crippen LogP contribution is 2.25. The number of rotatable bonds is 1. The lowest BCUT2D eigenvalue weighted by atomic mass is 10.2. The fourth-order valence-corrected chi connectivity index (χ4v) is 2.16. The predicted octanol–water partition coefficient (Wildman–Crippen LogP) is 1.95. The number of aromatic nitrogens is 3.